The van der Waals surface area contributed by atoms with Gasteiger partial charge in [-0.1, -0.05) is 20.3 Å². The van der Waals surface area contributed by atoms with Gasteiger partial charge in [-0.05, 0) is 26.7 Å². The van der Waals surface area contributed by atoms with Crippen molar-refractivity contribution in [3.8, 4) is 0 Å². The fraction of sp³-hybridized carbons (Fsp3) is 1.00. The van der Waals surface area contributed by atoms with Crippen molar-refractivity contribution in [2.24, 2.45) is 0 Å². The van der Waals surface area contributed by atoms with Gasteiger partial charge in [-0.15, -0.1) is 0 Å². The van der Waals surface area contributed by atoms with Gasteiger partial charge in [0.15, 0.2) is 0 Å². The van der Waals surface area contributed by atoms with Gasteiger partial charge in [0.1, 0.15) is 0 Å². The van der Waals surface area contributed by atoms with E-state index in [1.54, 1.807) is 0 Å². The molecule has 0 radical (unpaired) electrons. The van der Waals surface area contributed by atoms with Crippen molar-refractivity contribution in [3.63, 3.8) is 0 Å². The molecule has 0 aliphatic heterocycles. The van der Waals surface area contributed by atoms with Crippen molar-refractivity contribution < 1.29 is 4.48 Å². The maximum absolute atomic E-state index is 2.36. The monoisotopic (exact) mass is 172 g/mol. The van der Waals surface area contributed by atoms with Gasteiger partial charge >= 0.3 is 0 Å². The Bertz CT molecular complexity index is 125. The molecule has 1 nitrogen and oxygen atoms in total. The summed E-state index contributed by atoms with van der Waals surface area (Å²) < 4.78 is 1.15. The largest absolute Gasteiger partial charge is 0.324 e. The summed E-state index contributed by atoms with van der Waals surface area (Å²) in [6.07, 6.45) is 3.90. The number of quaternary nitrogens is 1. The van der Waals surface area contributed by atoms with Gasteiger partial charge in [-0.25, -0.2) is 0 Å². The molecule has 0 aromatic heterocycles. The molecule has 0 unspecified atom stereocenters. The molecule has 0 N–H and O–H groups in total. The zero-order chi connectivity index (χ0) is 9.83. The Balaban J connectivity index is 4.17. The first-order valence-corrected chi connectivity index (χ1v) is 5.20. The Morgan fingerprint density at radius 3 is 1.92 bits per heavy atom. The van der Waals surface area contributed by atoms with Crippen molar-refractivity contribution in [1.29, 1.82) is 0 Å². The molecule has 0 spiro atoms. The van der Waals surface area contributed by atoms with E-state index in [1.807, 2.05) is 0 Å². The van der Waals surface area contributed by atoms with Gasteiger partial charge < -0.3 is 4.48 Å². The normalized spacial score (nSPS) is 13.5. The fourth-order valence-corrected chi connectivity index (χ4v) is 1.28. The van der Waals surface area contributed by atoms with E-state index in [9.17, 15) is 0 Å². The molecule has 0 saturated heterocycles. The average molecular weight is 172 g/mol. The Morgan fingerprint density at radius 1 is 1.08 bits per heavy atom. The lowest BCUT2D eigenvalue weighted by molar-refractivity contribution is -0.938. The molecular formula is C11H26N+. The Labute approximate surface area is 78.4 Å². The maximum Gasteiger partial charge on any atom is 0.0928 e. The number of hydrogen-bond donors (Lipinski definition) is 0. The van der Waals surface area contributed by atoms with E-state index in [-0.39, 0.29) is 0 Å². The van der Waals surface area contributed by atoms with Gasteiger partial charge in [0.25, 0.3) is 0 Å². The number of hydrogen-bond acceptors (Lipinski definition) is 0. The lowest BCUT2D eigenvalue weighted by Gasteiger charge is -2.44. The maximum atomic E-state index is 2.36. The average Bonchev–Trinajstić information content (AvgIpc) is 2.00. The molecule has 0 fully saturated rings. The highest BCUT2D eigenvalue weighted by Gasteiger charge is 2.33. The summed E-state index contributed by atoms with van der Waals surface area (Å²) in [6, 6.07) is 0. The van der Waals surface area contributed by atoms with E-state index in [1.165, 1.54) is 25.8 Å². The van der Waals surface area contributed by atoms with Crippen LogP contribution in [0.25, 0.3) is 0 Å². The lowest BCUT2D eigenvalue weighted by Crippen LogP contribution is -2.56. The molecule has 0 aliphatic carbocycles. The molecule has 0 saturated carbocycles. The Hall–Kier alpha value is -0.0400. The molecule has 0 rings (SSSR count). The van der Waals surface area contributed by atoms with Crippen molar-refractivity contribution in [2.75, 3.05) is 20.6 Å². The molecule has 12 heavy (non-hydrogen) atoms. The zero-order valence-corrected chi connectivity index (χ0v) is 9.78. The van der Waals surface area contributed by atoms with Crippen LogP contribution in [0, 0.1) is 0 Å². The second-order valence-electron chi connectivity index (χ2n) is 4.93. The summed E-state index contributed by atoms with van der Waals surface area (Å²) in [5.41, 5.74) is 0.426. The SMILES string of the molecule is CCCC[N+](C)(C)C(C)(C)CC. The molecule has 0 amide bonds. The third kappa shape index (κ3) is 2.78. The molecule has 0 aromatic rings. The number of unbranched alkanes of at least 4 members (excludes halogenated alkanes) is 1. The Kier molecular flexibility index (Phi) is 4.25. The zero-order valence-electron chi connectivity index (χ0n) is 9.78. The van der Waals surface area contributed by atoms with Crippen LogP contribution in [0.3, 0.4) is 0 Å². The van der Waals surface area contributed by atoms with Gasteiger partial charge in [0.2, 0.25) is 0 Å². The van der Waals surface area contributed by atoms with E-state index in [2.05, 4.69) is 41.8 Å². The summed E-state index contributed by atoms with van der Waals surface area (Å²) in [5, 5.41) is 0. The summed E-state index contributed by atoms with van der Waals surface area (Å²) >= 11 is 0. The smallest absolute Gasteiger partial charge is 0.0928 e. The first-order valence-electron chi connectivity index (χ1n) is 5.20. The standard InChI is InChI=1S/C11H26N/c1-7-9-10-12(5,6)11(3,4)8-2/h7-10H2,1-6H3/q+1. The van der Waals surface area contributed by atoms with Crippen LogP contribution in [0.1, 0.15) is 47.0 Å². The molecular weight excluding hydrogens is 146 g/mol. The van der Waals surface area contributed by atoms with Crippen LogP contribution >= 0.6 is 0 Å². The van der Waals surface area contributed by atoms with E-state index >= 15 is 0 Å². The summed E-state index contributed by atoms with van der Waals surface area (Å²) in [6.45, 7) is 10.6. The van der Waals surface area contributed by atoms with Crippen molar-refractivity contribution in [3.05, 3.63) is 0 Å². The van der Waals surface area contributed by atoms with E-state index in [0.717, 1.165) is 4.48 Å². The first kappa shape index (κ1) is 12.0. The summed E-state index contributed by atoms with van der Waals surface area (Å²) in [7, 11) is 4.69. The molecule has 74 valence electrons. The van der Waals surface area contributed by atoms with Gasteiger partial charge in [-0.3, -0.25) is 0 Å². The minimum Gasteiger partial charge on any atom is -0.324 e. The van der Waals surface area contributed by atoms with Crippen LogP contribution in [0.5, 0.6) is 0 Å². The highest BCUT2D eigenvalue weighted by Crippen LogP contribution is 2.23. The molecule has 0 aromatic carbocycles. The van der Waals surface area contributed by atoms with Crippen molar-refractivity contribution >= 4 is 0 Å². The van der Waals surface area contributed by atoms with Crippen molar-refractivity contribution in [1.82, 2.24) is 0 Å². The predicted molar refractivity (Wildman–Crippen MR) is 56.3 cm³/mol. The lowest BCUT2D eigenvalue weighted by atomic mass is 9.96. The summed E-state index contributed by atoms with van der Waals surface area (Å²) in [5.74, 6) is 0. The third-order valence-corrected chi connectivity index (χ3v) is 3.57. The quantitative estimate of drug-likeness (QED) is 0.559. The predicted octanol–water partition coefficient (Wildman–Crippen LogP) is 3.05. The fourth-order valence-electron chi connectivity index (χ4n) is 1.28. The van der Waals surface area contributed by atoms with Crippen molar-refractivity contribution in [2.45, 2.75) is 52.5 Å². The number of nitrogens with zero attached hydrogens (tertiary/aromatic N) is 1. The van der Waals surface area contributed by atoms with Crippen LogP contribution in [-0.2, 0) is 0 Å². The van der Waals surface area contributed by atoms with Crippen LogP contribution < -0.4 is 0 Å². The summed E-state index contributed by atoms with van der Waals surface area (Å²) in [4.78, 5) is 0. The molecule has 0 bridgehead atoms. The minimum absolute atomic E-state index is 0.426. The van der Waals surface area contributed by atoms with E-state index in [4.69, 9.17) is 0 Å². The van der Waals surface area contributed by atoms with Crippen LogP contribution in [0.2, 0.25) is 0 Å². The molecule has 1 heteroatoms. The van der Waals surface area contributed by atoms with Gasteiger partial charge in [0, 0.05) is 0 Å². The van der Waals surface area contributed by atoms with Crippen LogP contribution in [0.15, 0.2) is 0 Å². The highest BCUT2D eigenvalue weighted by molar-refractivity contribution is 4.66. The van der Waals surface area contributed by atoms with E-state index in [0.29, 0.717) is 5.54 Å². The minimum atomic E-state index is 0.426. The van der Waals surface area contributed by atoms with Crippen LogP contribution in [0.4, 0.5) is 0 Å². The van der Waals surface area contributed by atoms with Gasteiger partial charge in [0.05, 0.1) is 26.2 Å². The number of rotatable bonds is 5. The highest BCUT2D eigenvalue weighted by atomic mass is 15.4. The van der Waals surface area contributed by atoms with Crippen LogP contribution in [-0.4, -0.2) is 30.7 Å². The second kappa shape index (κ2) is 4.27. The first-order chi connectivity index (χ1) is 5.37. The second-order valence-corrected chi connectivity index (χ2v) is 4.93. The molecule has 0 heterocycles. The van der Waals surface area contributed by atoms with E-state index < -0.39 is 0 Å². The molecule has 0 atom stereocenters. The molecule has 0 aliphatic rings. The topological polar surface area (TPSA) is 0 Å². The Morgan fingerprint density at radius 2 is 1.58 bits per heavy atom. The third-order valence-electron chi connectivity index (χ3n) is 3.57. The van der Waals surface area contributed by atoms with Gasteiger partial charge in [-0.2, -0.15) is 0 Å².